The lowest BCUT2D eigenvalue weighted by molar-refractivity contribution is 0.105. The highest BCUT2D eigenvalue weighted by atomic mass is 16.5. The van der Waals surface area contributed by atoms with E-state index >= 15 is 0 Å². The van der Waals surface area contributed by atoms with E-state index in [2.05, 4.69) is 11.9 Å². The normalized spacial score (nSPS) is 14.2. The van der Waals surface area contributed by atoms with Gasteiger partial charge in [-0.2, -0.15) is 0 Å². The van der Waals surface area contributed by atoms with Gasteiger partial charge < -0.3 is 20.9 Å². The van der Waals surface area contributed by atoms with Crippen LogP contribution in [0.4, 0.5) is 5.69 Å². The van der Waals surface area contributed by atoms with Crippen LogP contribution in [-0.2, 0) is 0 Å². The highest BCUT2D eigenvalue weighted by Crippen LogP contribution is 2.25. The molecular formula is C16H24N2O2. The van der Waals surface area contributed by atoms with Crippen molar-refractivity contribution < 1.29 is 9.84 Å². The lowest BCUT2D eigenvalue weighted by atomic mass is 10.1. The van der Waals surface area contributed by atoms with Crippen LogP contribution < -0.4 is 15.8 Å². The van der Waals surface area contributed by atoms with Gasteiger partial charge in [-0.1, -0.05) is 24.3 Å². The van der Waals surface area contributed by atoms with Crippen molar-refractivity contribution in [1.82, 2.24) is 5.32 Å². The Kier molecular flexibility index (Phi) is 6.84. The number of allylic oxidation sites excluding steroid dienone is 1. The molecule has 0 aliphatic carbocycles. The van der Waals surface area contributed by atoms with Gasteiger partial charge in [0.1, 0.15) is 18.5 Å². The Hall–Kier alpha value is -1.78. The van der Waals surface area contributed by atoms with Crippen molar-refractivity contribution in [2.75, 3.05) is 18.9 Å². The molecule has 4 N–H and O–H groups in total. The molecule has 2 atom stereocenters. The molecule has 0 aliphatic heterocycles. The zero-order chi connectivity index (χ0) is 15.0. The summed E-state index contributed by atoms with van der Waals surface area (Å²) in [5.74, 6) is 0.680. The van der Waals surface area contributed by atoms with Crippen LogP contribution in [0, 0.1) is 0 Å². The molecule has 0 aliphatic rings. The van der Waals surface area contributed by atoms with Crippen molar-refractivity contribution in [3.63, 3.8) is 0 Å². The van der Waals surface area contributed by atoms with Gasteiger partial charge in [0.15, 0.2) is 0 Å². The molecule has 4 nitrogen and oxygen atoms in total. The second-order valence-corrected chi connectivity index (χ2v) is 4.66. The minimum absolute atomic E-state index is 0.163. The Morgan fingerprint density at radius 2 is 2.25 bits per heavy atom. The van der Waals surface area contributed by atoms with E-state index in [-0.39, 0.29) is 12.6 Å². The topological polar surface area (TPSA) is 67.5 Å². The molecule has 0 heterocycles. The molecule has 1 aromatic rings. The maximum absolute atomic E-state index is 9.87. The quantitative estimate of drug-likeness (QED) is 0.503. The van der Waals surface area contributed by atoms with Crippen LogP contribution in [0.5, 0.6) is 5.75 Å². The summed E-state index contributed by atoms with van der Waals surface area (Å²) in [6, 6.07) is 5.67. The Labute approximate surface area is 120 Å². The van der Waals surface area contributed by atoms with E-state index in [1.807, 2.05) is 44.2 Å². The van der Waals surface area contributed by atoms with E-state index in [1.54, 1.807) is 6.08 Å². The first-order valence-electron chi connectivity index (χ1n) is 6.76. The molecule has 2 unspecified atom stereocenters. The predicted octanol–water partition coefficient (Wildman–Crippen LogP) is 2.21. The zero-order valence-electron chi connectivity index (χ0n) is 12.2. The van der Waals surface area contributed by atoms with Gasteiger partial charge in [-0.25, -0.2) is 0 Å². The van der Waals surface area contributed by atoms with E-state index in [4.69, 9.17) is 10.5 Å². The molecule has 0 fully saturated rings. The van der Waals surface area contributed by atoms with Crippen LogP contribution in [0.1, 0.15) is 19.4 Å². The number of benzene rings is 1. The molecule has 1 rings (SSSR count). The second-order valence-electron chi connectivity index (χ2n) is 4.66. The summed E-state index contributed by atoms with van der Waals surface area (Å²) < 4.78 is 5.65. The number of aliphatic hydroxyl groups excluding tert-OH is 1. The number of hydrogen-bond acceptors (Lipinski definition) is 4. The third-order valence-electron chi connectivity index (χ3n) is 2.89. The number of anilines is 1. The highest BCUT2D eigenvalue weighted by Gasteiger charge is 2.09. The minimum Gasteiger partial charge on any atom is -0.490 e. The van der Waals surface area contributed by atoms with Crippen molar-refractivity contribution in [2.45, 2.75) is 26.0 Å². The standard InChI is InChI=1S/C16H24N2O2/c1-4-7-14-15(17)8-6-9-16(14)20-11-13(19)10-18-12(3)5-2/h4-9,12-13,18-19H,2,10-11,17H2,1,3H3/b7-4-. The summed E-state index contributed by atoms with van der Waals surface area (Å²) in [5, 5.41) is 13.0. The van der Waals surface area contributed by atoms with Crippen LogP contribution in [0.25, 0.3) is 6.08 Å². The van der Waals surface area contributed by atoms with Crippen LogP contribution in [-0.4, -0.2) is 30.4 Å². The largest absolute Gasteiger partial charge is 0.490 e. The third kappa shape index (κ3) is 5.07. The Balaban J connectivity index is 2.57. The average molecular weight is 276 g/mol. The summed E-state index contributed by atoms with van der Waals surface area (Å²) in [6.07, 6.45) is 5.00. The number of hydrogen-bond donors (Lipinski definition) is 3. The SMILES string of the molecule is C=CC(C)NCC(O)COc1cccc(N)c1/C=C\C. The molecule has 1 aromatic carbocycles. The summed E-state index contributed by atoms with van der Waals surface area (Å²) in [4.78, 5) is 0. The van der Waals surface area contributed by atoms with Gasteiger partial charge in [-0.3, -0.25) is 0 Å². The van der Waals surface area contributed by atoms with Crippen molar-refractivity contribution in [3.8, 4) is 5.75 Å². The molecule has 0 aromatic heterocycles. The van der Waals surface area contributed by atoms with Gasteiger partial charge in [-0.05, 0) is 26.0 Å². The van der Waals surface area contributed by atoms with E-state index in [9.17, 15) is 5.11 Å². The molecular weight excluding hydrogens is 252 g/mol. The Morgan fingerprint density at radius 1 is 1.50 bits per heavy atom. The number of nitrogens with two attached hydrogens (primary N) is 1. The first-order chi connectivity index (χ1) is 9.58. The van der Waals surface area contributed by atoms with Gasteiger partial charge in [0.25, 0.3) is 0 Å². The lowest BCUT2D eigenvalue weighted by Gasteiger charge is -2.17. The monoisotopic (exact) mass is 276 g/mol. The van der Waals surface area contributed by atoms with E-state index in [0.717, 1.165) is 5.56 Å². The fraction of sp³-hybridized carbons (Fsp3) is 0.375. The van der Waals surface area contributed by atoms with Crippen molar-refractivity contribution in [1.29, 1.82) is 0 Å². The average Bonchev–Trinajstić information content (AvgIpc) is 2.45. The van der Waals surface area contributed by atoms with Gasteiger partial charge in [0.05, 0.1) is 0 Å². The molecule has 110 valence electrons. The number of nitrogen functional groups attached to an aromatic ring is 1. The van der Waals surface area contributed by atoms with Crippen LogP contribution in [0.3, 0.4) is 0 Å². The fourth-order valence-corrected chi connectivity index (χ4v) is 1.68. The predicted molar refractivity (Wildman–Crippen MR) is 84.7 cm³/mol. The maximum atomic E-state index is 9.87. The number of aliphatic hydroxyl groups is 1. The van der Waals surface area contributed by atoms with E-state index < -0.39 is 6.10 Å². The first kappa shape index (κ1) is 16.3. The third-order valence-corrected chi connectivity index (χ3v) is 2.89. The molecule has 0 saturated heterocycles. The molecule has 4 heteroatoms. The molecule has 20 heavy (non-hydrogen) atoms. The molecule has 0 radical (unpaired) electrons. The van der Waals surface area contributed by atoms with Crippen molar-refractivity contribution in [2.24, 2.45) is 0 Å². The Morgan fingerprint density at radius 3 is 2.90 bits per heavy atom. The number of rotatable bonds is 8. The number of nitrogens with one attached hydrogen (secondary N) is 1. The van der Waals surface area contributed by atoms with Crippen molar-refractivity contribution >= 4 is 11.8 Å². The molecule has 0 amide bonds. The van der Waals surface area contributed by atoms with E-state index in [0.29, 0.717) is 18.0 Å². The molecule has 0 saturated carbocycles. The highest BCUT2D eigenvalue weighted by molar-refractivity contribution is 5.70. The maximum Gasteiger partial charge on any atom is 0.128 e. The van der Waals surface area contributed by atoms with Gasteiger partial charge in [-0.15, -0.1) is 6.58 Å². The van der Waals surface area contributed by atoms with Gasteiger partial charge in [0.2, 0.25) is 0 Å². The molecule has 0 spiro atoms. The minimum atomic E-state index is -0.586. The lowest BCUT2D eigenvalue weighted by Crippen LogP contribution is -2.35. The second kappa shape index (κ2) is 8.40. The summed E-state index contributed by atoms with van der Waals surface area (Å²) in [7, 11) is 0. The van der Waals surface area contributed by atoms with Gasteiger partial charge in [0, 0.05) is 23.8 Å². The smallest absolute Gasteiger partial charge is 0.128 e. The fourth-order valence-electron chi connectivity index (χ4n) is 1.68. The van der Waals surface area contributed by atoms with Crippen LogP contribution in [0.2, 0.25) is 0 Å². The van der Waals surface area contributed by atoms with E-state index in [1.165, 1.54) is 0 Å². The van der Waals surface area contributed by atoms with Crippen LogP contribution >= 0.6 is 0 Å². The summed E-state index contributed by atoms with van der Waals surface area (Å²) in [6.45, 7) is 8.24. The first-order valence-corrected chi connectivity index (χ1v) is 6.76. The summed E-state index contributed by atoms with van der Waals surface area (Å²) in [5.41, 5.74) is 7.42. The summed E-state index contributed by atoms with van der Waals surface area (Å²) >= 11 is 0. The van der Waals surface area contributed by atoms with Crippen molar-refractivity contribution in [3.05, 3.63) is 42.5 Å². The number of ether oxygens (including phenoxy) is 1. The molecule has 0 bridgehead atoms. The Bertz CT molecular complexity index is 458. The van der Waals surface area contributed by atoms with Crippen LogP contribution in [0.15, 0.2) is 36.9 Å². The zero-order valence-corrected chi connectivity index (χ0v) is 12.2. The van der Waals surface area contributed by atoms with Gasteiger partial charge >= 0.3 is 0 Å².